The first-order valence-electron chi connectivity index (χ1n) is 7.25. The highest BCUT2D eigenvalue weighted by molar-refractivity contribution is 5.30. The van der Waals surface area contributed by atoms with E-state index in [4.69, 9.17) is 0 Å². The number of hydrogen-bond acceptors (Lipinski definition) is 0. The van der Waals surface area contributed by atoms with Gasteiger partial charge in [0.05, 0.1) is 0 Å². The van der Waals surface area contributed by atoms with Crippen LogP contribution < -0.4 is 0 Å². The Morgan fingerprint density at radius 2 is 1.50 bits per heavy atom. The van der Waals surface area contributed by atoms with E-state index in [1.807, 2.05) is 18.2 Å². The van der Waals surface area contributed by atoms with Crippen LogP contribution in [-0.2, 0) is 0 Å². The summed E-state index contributed by atoms with van der Waals surface area (Å²) in [6, 6.07) is 14.3. The van der Waals surface area contributed by atoms with Crippen molar-refractivity contribution in [3.8, 4) is 0 Å². The van der Waals surface area contributed by atoms with Crippen molar-refractivity contribution in [1.29, 1.82) is 0 Å². The zero-order valence-corrected chi connectivity index (χ0v) is 11.4. The fraction of sp³-hybridized carbons (Fsp3) is 0.333. The predicted octanol–water partition coefficient (Wildman–Crippen LogP) is 5.41. The molecule has 0 nitrogen and oxygen atoms in total. The quantitative estimate of drug-likeness (QED) is 0.686. The standard InChI is InChI=1S/C18H18F2/c19-14-10-11-17(18(20)12-14)16-9-5-4-8-15(16)13-6-2-1-3-7-13/h1-3,6-7,10-12,15-16H,4-5,8-9H2. The first-order valence-corrected chi connectivity index (χ1v) is 7.25. The fourth-order valence-electron chi connectivity index (χ4n) is 3.40. The van der Waals surface area contributed by atoms with Gasteiger partial charge in [-0.3, -0.25) is 0 Å². The molecule has 0 saturated heterocycles. The maximum absolute atomic E-state index is 14.1. The zero-order chi connectivity index (χ0) is 13.9. The van der Waals surface area contributed by atoms with E-state index in [2.05, 4.69) is 12.1 Å². The summed E-state index contributed by atoms with van der Waals surface area (Å²) in [6.07, 6.45) is 4.34. The van der Waals surface area contributed by atoms with Gasteiger partial charge in [0, 0.05) is 6.07 Å². The average molecular weight is 272 g/mol. The molecule has 2 aromatic rings. The van der Waals surface area contributed by atoms with E-state index < -0.39 is 11.6 Å². The van der Waals surface area contributed by atoms with Gasteiger partial charge in [-0.2, -0.15) is 0 Å². The van der Waals surface area contributed by atoms with Crippen LogP contribution in [0.3, 0.4) is 0 Å². The van der Waals surface area contributed by atoms with Crippen LogP contribution in [-0.4, -0.2) is 0 Å². The van der Waals surface area contributed by atoms with Crippen molar-refractivity contribution in [3.05, 3.63) is 71.3 Å². The highest BCUT2D eigenvalue weighted by Crippen LogP contribution is 2.44. The number of rotatable bonds is 2. The van der Waals surface area contributed by atoms with Crippen molar-refractivity contribution >= 4 is 0 Å². The first-order chi connectivity index (χ1) is 9.75. The molecule has 0 radical (unpaired) electrons. The molecule has 104 valence electrons. The van der Waals surface area contributed by atoms with Crippen molar-refractivity contribution < 1.29 is 8.78 Å². The summed E-state index contributed by atoms with van der Waals surface area (Å²) in [6.45, 7) is 0. The minimum absolute atomic E-state index is 0.159. The van der Waals surface area contributed by atoms with E-state index in [-0.39, 0.29) is 5.92 Å². The van der Waals surface area contributed by atoms with Crippen molar-refractivity contribution in [2.45, 2.75) is 37.5 Å². The lowest BCUT2D eigenvalue weighted by Crippen LogP contribution is -2.17. The molecule has 1 fully saturated rings. The molecule has 2 aromatic carbocycles. The molecule has 3 rings (SSSR count). The van der Waals surface area contributed by atoms with Crippen LogP contribution in [0, 0.1) is 11.6 Å². The van der Waals surface area contributed by atoms with Crippen molar-refractivity contribution in [3.63, 3.8) is 0 Å². The van der Waals surface area contributed by atoms with Crippen LogP contribution >= 0.6 is 0 Å². The molecule has 1 aliphatic rings. The van der Waals surface area contributed by atoms with E-state index in [9.17, 15) is 8.78 Å². The molecule has 0 spiro atoms. The monoisotopic (exact) mass is 272 g/mol. The molecule has 2 heteroatoms. The molecule has 0 aliphatic heterocycles. The zero-order valence-electron chi connectivity index (χ0n) is 11.4. The Morgan fingerprint density at radius 3 is 2.20 bits per heavy atom. The summed E-state index contributed by atoms with van der Waals surface area (Å²) in [4.78, 5) is 0. The lowest BCUT2D eigenvalue weighted by Gasteiger charge is -2.32. The Balaban J connectivity index is 1.97. The molecular formula is C18H18F2. The van der Waals surface area contributed by atoms with Crippen molar-refractivity contribution in [2.75, 3.05) is 0 Å². The highest BCUT2D eigenvalue weighted by atomic mass is 19.1. The largest absolute Gasteiger partial charge is 0.207 e. The summed E-state index contributed by atoms with van der Waals surface area (Å²) >= 11 is 0. The van der Waals surface area contributed by atoms with Gasteiger partial charge >= 0.3 is 0 Å². The Morgan fingerprint density at radius 1 is 0.800 bits per heavy atom. The van der Waals surface area contributed by atoms with Gasteiger partial charge in [0.2, 0.25) is 0 Å². The van der Waals surface area contributed by atoms with E-state index >= 15 is 0 Å². The molecule has 20 heavy (non-hydrogen) atoms. The molecule has 0 heterocycles. The van der Waals surface area contributed by atoms with Crippen LogP contribution in [0.25, 0.3) is 0 Å². The van der Waals surface area contributed by atoms with Crippen LogP contribution in [0.4, 0.5) is 8.78 Å². The molecule has 1 aliphatic carbocycles. The summed E-state index contributed by atoms with van der Waals surface area (Å²) in [7, 11) is 0. The van der Waals surface area contributed by atoms with Gasteiger partial charge in [0.15, 0.2) is 0 Å². The second kappa shape index (κ2) is 5.74. The summed E-state index contributed by atoms with van der Waals surface area (Å²) in [5, 5.41) is 0. The van der Waals surface area contributed by atoms with Crippen molar-refractivity contribution in [1.82, 2.24) is 0 Å². The smallest absolute Gasteiger partial charge is 0.129 e. The van der Waals surface area contributed by atoms with Gasteiger partial charge in [-0.25, -0.2) is 8.78 Å². The van der Waals surface area contributed by atoms with Gasteiger partial charge in [0.1, 0.15) is 11.6 Å². The summed E-state index contributed by atoms with van der Waals surface area (Å²) in [5.74, 6) is -0.409. The lowest BCUT2D eigenvalue weighted by molar-refractivity contribution is 0.375. The third kappa shape index (κ3) is 2.60. The van der Waals surface area contributed by atoms with E-state index in [0.717, 1.165) is 25.3 Å². The molecule has 0 bridgehead atoms. The summed E-state index contributed by atoms with van der Waals surface area (Å²) in [5.41, 5.74) is 1.93. The molecular weight excluding hydrogens is 254 g/mol. The molecule has 0 aromatic heterocycles. The number of halogens is 2. The minimum Gasteiger partial charge on any atom is -0.207 e. The van der Waals surface area contributed by atoms with Crippen LogP contribution in [0.5, 0.6) is 0 Å². The third-order valence-corrected chi connectivity index (χ3v) is 4.36. The van der Waals surface area contributed by atoms with Gasteiger partial charge in [-0.05, 0) is 41.9 Å². The topological polar surface area (TPSA) is 0 Å². The first kappa shape index (κ1) is 13.3. The molecule has 2 unspecified atom stereocenters. The van der Waals surface area contributed by atoms with Gasteiger partial charge in [-0.15, -0.1) is 0 Å². The van der Waals surface area contributed by atoms with Crippen LogP contribution in [0.2, 0.25) is 0 Å². The summed E-state index contributed by atoms with van der Waals surface area (Å²) < 4.78 is 27.2. The average Bonchev–Trinajstić information content (AvgIpc) is 2.48. The molecule has 2 atom stereocenters. The Kier molecular flexibility index (Phi) is 3.81. The molecule has 0 N–H and O–H groups in total. The van der Waals surface area contributed by atoms with E-state index in [0.29, 0.717) is 11.5 Å². The van der Waals surface area contributed by atoms with E-state index in [1.165, 1.54) is 18.1 Å². The molecule has 1 saturated carbocycles. The number of benzene rings is 2. The highest BCUT2D eigenvalue weighted by Gasteiger charge is 2.29. The second-order valence-corrected chi connectivity index (χ2v) is 5.57. The molecule has 0 amide bonds. The SMILES string of the molecule is Fc1ccc(C2CCCCC2c2ccccc2)c(F)c1. The second-order valence-electron chi connectivity index (χ2n) is 5.57. The lowest BCUT2D eigenvalue weighted by atomic mass is 9.72. The van der Waals surface area contributed by atoms with Gasteiger partial charge in [0.25, 0.3) is 0 Å². The van der Waals surface area contributed by atoms with Crippen LogP contribution in [0.15, 0.2) is 48.5 Å². The Hall–Kier alpha value is -1.70. The maximum Gasteiger partial charge on any atom is 0.129 e. The third-order valence-electron chi connectivity index (χ3n) is 4.36. The maximum atomic E-state index is 14.1. The van der Waals surface area contributed by atoms with Gasteiger partial charge < -0.3 is 0 Å². The predicted molar refractivity (Wildman–Crippen MR) is 76.8 cm³/mol. The normalized spacial score (nSPS) is 22.7. The number of hydrogen-bond donors (Lipinski definition) is 0. The fourth-order valence-corrected chi connectivity index (χ4v) is 3.40. The Bertz CT molecular complexity index is 577. The van der Waals surface area contributed by atoms with Crippen LogP contribution in [0.1, 0.15) is 48.6 Å². The van der Waals surface area contributed by atoms with Gasteiger partial charge in [-0.1, -0.05) is 49.2 Å². The van der Waals surface area contributed by atoms with Crippen molar-refractivity contribution in [2.24, 2.45) is 0 Å². The Labute approximate surface area is 118 Å². The van der Waals surface area contributed by atoms with E-state index in [1.54, 1.807) is 6.07 Å². The minimum atomic E-state index is -0.502.